The number of rotatable bonds is 4. The molecule has 2 aromatic carbocycles. The number of pyridine rings is 1. The van der Waals surface area contributed by atoms with Gasteiger partial charge < -0.3 is 10.6 Å². The van der Waals surface area contributed by atoms with Crippen molar-refractivity contribution in [1.82, 2.24) is 4.98 Å². The molecule has 126 valence electrons. The summed E-state index contributed by atoms with van der Waals surface area (Å²) in [5.41, 5.74) is 3.07. The first-order chi connectivity index (χ1) is 12.0. The third-order valence-corrected chi connectivity index (χ3v) is 4.05. The van der Waals surface area contributed by atoms with Crippen molar-refractivity contribution in [3.05, 3.63) is 82.9 Å². The normalized spacial score (nSPS) is 10.4. The van der Waals surface area contributed by atoms with Gasteiger partial charge in [-0.25, -0.2) is 4.39 Å². The van der Waals surface area contributed by atoms with Gasteiger partial charge in [0, 0.05) is 28.3 Å². The van der Waals surface area contributed by atoms with Crippen LogP contribution in [0.1, 0.15) is 16.1 Å². The quantitative estimate of drug-likeness (QED) is 0.678. The molecule has 1 aromatic heterocycles. The van der Waals surface area contributed by atoms with Crippen molar-refractivity contribution >= 4 is 34.6 Å². The Morgan fingerprint density at radius 1 is 1.08 bits per heavy atom. The van der Waals surface area contributed by atoms with Gasteiger partial charge in [-0.3, -0.25) is 9.78 Å². The molecule has 3 aromatic rings. The molecule has 0 aliphatic carbocycles. The Balaban J connectivity index is 1.77. The predicted molar refractivity (Wildman–Crippen MR) is 98.1 cm³/mol. The summed E-state index contributed by atoms with van der Waals surface area (Å²) in [6.07, 6.45) is 1.53. The second-order valence-electron chi connectivity index (χ2n) is 5.43. The first-order valence-electron chi connectivity index (χ1n) is 7.58. The van der Waals surface area contributed by atoms with Crippen LogP contribution in [0.5, 0.6) is 0 Å². The first kappa shape index (κ1) is 16.9. The van der Waals surface area contributed by atoms with E-state index in [1.165, 1.54) is 18.3 Å². The van der Waals surface area contributed by atoms with Crippen molar-refractivity contribution in [2.24, 2.45) is 0 Å². The molecule has 25 heavy (non-hydrogen) atoms. The third-order valence-electron chi connectivity index (χ3n) is 3.64. The predicted octanol–water partition coefficient (Wildman–Crippen LogP) is 5.18. The lowest BCUT2D eigenvalue weighted by molar-refractivity contribution is 0.102. The van der Waals surface area contributed by atoms with E-state index in [0.29, 0.717) is 22.1 Å². The maximum absolute atomic E-state index is 13.0. The molecule has 0 radical (unpaired) electrons. The second kappa shape index (κ2) is 7.32. The van der Waals surface area contributed by atoms with Crippen LogP contribution in [0.4, 0.5) is 21.5 Å². The molecule has 4 nitrogen and oxygen atoms in total. The minimum absolute atomic E-state index is 0.256. The van der Waals surface area contributed by atoms with E-state index in [-0.39, 0.29) is 17.4 Å². The number of halogens is 2. The summed E-state index contributed by atoms with van der Waals surface area (Å²) >= 11 is 6.07. The molecule has 0 atom stereocenters. The van der Waals surface area contributed by atoms with Gasteiger partial charge in [-0.05, 0) is 61.0 Å². The number of carbonyl (C=O) groups is 1. The molecular formula is C19H15ClFN3O. The van der Waals surface area contributed by atoms with Crippen LogP contribution in [-0.2, 0) is 0 Å². The Labute approximate surface area is 149 Å². The molecule has 0 saturated carbocycles. The molecule has 6 heteroatoms. The lowest BCUT2D eigenvalue weighted by atomic mass is 10.2. The van der Waals surface area contributed by atoms with Crippen molar-refractivity contribution in [3.63, 3.8) is 0 Å². The van der Waals surface area contributed by atoms with E-state index in [1.807, 2.05) is 6.92 Å². The minimum Gasteiger partial charge on any atom is -0.355 e. The number of nitrogens with zero attached hydrogens (tertiary/aromatic N) is 1. The number of hydrogen-bond acceptors (Lipinski definition) is 3. The van der Waals surface area contributed by atoms with Gasteiger partial charge in [0.05, 0.1) is 0 Å². The van der Waals surface area contributed by atoms with Gasteiger partial charge in [-0.1, -0.05) is 17.7 Å². The fourth-order valence-corrected chi connectivity index (χ4v) is 2.44. The molecule has 0 spiro atoms. The van der Waals surface area contributed by atoms with Gasteiger partial charge >= 0.3 is 0 Å². The zero-order valence-corrected chi connectivity index (χ0v) is 14.1. The molecule has 2 N–H and O–H groups in total. The number of carbonyl (C=O) groups excluding carboxylic acids is 1. The molecule has 0 fully saturated rings. The zero-order chi connectivity index (χ0) is 17.8. The van der Waals surface area contributed by atoms with Gasteiger partial charge in [-0.15, -0.1) is 0 Å². The van der Waals surface area contributed by atoms with Gasteiger partial charge in [0.15, 0.2) is 0 Å². The lowest BCUT2D eigenvalue weighted by Gasteiger charge is -2.10. The number of hydrogen-bond donors (Lipinski definition) is 2. The van der Waals surface area contributed by atoms with Gasteiger partial charge in [0.2, 0.25) is 0 Å². The van der Waals surface area contributed by atoms with Crippen LogP contribution >= 0.6 is 11.6 Å². The van der Waals surface area contributed by atoms with Crippen LogP contribution in [0.3, 0.4) is 0 Å². The maximum Gasteiger partial charge on any atom is 0.274 e. The largest absolute Gasteiger partial charge is 0.355 e. The van der Waals surface area contributed by atoms with E-state index in [2.05, 4.69) is 15.6 Å². The molecule has 0 saturated heterocycles. The fraction of sp³-hybridized carbons (Fsp3) is 0.0526. The SMILES string of the molecule is Cc1c(Cl)cccc1NC(=O)c1cc(Nc2ccc(F)cc2)ccn1. The molecule has 3 rings (SSSR count). The highest BCUT2D eigenvalue weighted by molar-refractivity contribution is 6.31. The molecule has 0 unspecified atom stereocenters. The van der Waals surface area contributed by atoms with Crippen LogP contribution in [0, 0.1) is 12.7 Å². The highest BCUT2D eigenvalue weighted by Gasteiger charge is 2.11. The van der Waals surface area contributed by atoms with Crippen molar-refractivity contribution in [2.75, 3.05) is 10.6 Å². The second-order valence-corrected chi connectivity index (χ2v) is 5.84. The fourth-order valence-electron chi connectivity index (χ4n) is 2.26. The van der Waals surface area contributed by atoms with E-state index in [1.54, 1.807) is 42.5 Å². The smallest absolute Gasteiger partial charge is 0.274 e. The molecule has 0 bridgehead atoms. The van der Waals surface area contributed by atoms with Crippen molar-refractivity contribution in [2.45, 2.75) is 6.92 Å². The van der Waals surface area contributed by atoms with Crippen molar-refractivity contribution < 1.29 is 9.18 Å². The monoisotopic (exact) mass is 355 g/mol. The summed E-state index contributed by atoms with van der Waals surface area (Å²) in [5.74, 6) is -0.648. The van der Waals surface area contributed by atoms with Crippen LogP contribution in [0.2, 0.25) is 5.02 Å². The van der Waals surface area contributed by atoms with Crippen LogP contribution in [0.15, 0.2) is 60.8 Å². The standard InChI is InChI=1S/C19H15ClFN3O/c1-12-16(20)3-2-4-17(12)24-19(25)18-11-15(9-10-22-18)23-14-7-5-13(21)6-8-14/h2-11H,1H3,(H,22,23)(H,24,25). The Bertz CT molecular complexity index is 913. The van der Waals surface area contributed by atoms with E-state index >= 15 is 0 Å². The topological polar surface area (TPSA) is 54.0 Å². The Morgan fingerprint density at radius 2 is 1.84 bits per heavy atom. The number of amides is 1. The average Bonchev–Trinajstić information content (AvgIpc) is 2.61. The average molecular weight is 356 g/mol. The summed E-state index contributed by atoms with van der Waals surface area (Å²) in [7, 11) is 0. The Morgan fingerprint density at radius 3 is 2.60 bits per heavy atom. The summed E-state index contributed by atoms with van der Waals surface area (Å²) in [6, 6.07) is 14.6. The van der Waals surface area contributed by atoms with Gasteiger partial charge in [-0.2, -0.15) is 0 Å². The van der Waals surface area contributed by atoms with Crippen LogP contribution < -0.4 is 10.6 Å². The van der Waals surface area contributed by atoms with Crippen molar-refractivity contribution in [3.8, 4) is 0 Å². The van der Waals surface area contributed by atoms with Gasteiger partial charge in [0.1, 0.15) is 11.5 Å². The van der Waals surface area contributed by atoms with E-state index < -0.39 is 0 Å². The molecule has 0 aliphatic heterocycles. The number of nitrogens with one attached hydrogen (secondary N) is 2. The molecule has 1 heterocycles. The highest BCUT2D eigenvalue weighted by atomic mass is 35.5. The van der Waals surface area contributed by atoms with E-state index in [0.717, 1.165) is 5.56 Å². The minimum atomic E-state index is -0.340. The Kier molecular flexibility index (Phi) is 4.95. The van der Waals surface area contributed by atoms with Crippen LogP contribution in [0.25, 0.3) is 0 Å². The number of benzene rings is 2. The maximum atomic E-state index is 13.0. The summed E-state index contributed by atoms with van der Waals surface area (Å²) in [4.78, 5) is 16.5. The van der Waals surface area contributed by atoms with Crippen LogP contribution in [-0.4, -0.2) is 10.9 Å². The molecular weight excluding hydrogens is 341 g/mol. The van der Waals surface area contributed by atoms with E-state index in [4.69, 9.17) is 11.6 Å². The highest BCUT2D eigenvalue weighted by Crippen LogP contribution is 2.24. The van der Waals surface area contributed by atoms with E-state index in [9.17, 15) is 9.18 Å². The number of aromatic nitrogens is 1. The summed E-state index contributed by atoms with van der Waals surface area (Å²) in [5, 5.41) is 6.49. The number of anilines is 3. The van der Waals surface area contributed by atoms with Crippen molar-refractivity contribution in [1.29, 1.82) is 0 Å². The lowest BCUT2D eigenvalue weighted by Crippen LogP contribution is -2.14. The summed E-state index contributed by atoms with van der Waals surface area (Å²) < 4.78 is 13.0. The molecule has 0 aliphatic rings. The third kappa shape index (κ3) is 4.14. The summed E-state index contributed by atoms with van der Waals surface area (Å²) in [6.45, 7) is 1.83. The molecule has 1 amide bonds. The Hall–Kier alpha value is -2.92. The zero-order valence-electron chi connectivity index (χ0n) is 13.4. The van der Waals surface area contributed by atoms with Gasteiger partial charge in [0.25, 0.3) is 5.91 Å². The first-order valence-corrected chi connectivity index (χ1v) is 7.96.